The van der Waals surface area contributed by atoms with Crippen LogP contribution in [-0.2, 0) is 17.5 Å². The first-order chi connectivity index (χ1) is 15.6. The van der Waals surface area contributed by atoms with Gasteiger partial charge < -0.3 is 10.2 Å². The molecule has 0 saturated carbocycles. The van der Waals surface area contributed by atoms with Gasteiger partial charge in [0.05, 0.1) is 22.2 Å². The highest BCUT2D eigenvalue weighted by Gasteiger charge is 2.30. The molecule has 0 spiro atoms. The van der Waals surface area contributed by atoms with Crippen LogP contribution >= 0.6 is 11.3 Å². The fourth-order valence-corrected chi connectivity index (χ4v) is 4.87. The average Bonchev–Trinajstić information content (AvgIpc) is 3.13. The molecule has 1 fully saturated rings. The van der Waals surface area contributed by atoms with E-state index in [0.717, 1.165) is 42.7 Å². The van der Waals surface area contributed by atoms with Crippen molar-refractivity contribution in [1.29, 1.82) is 0 Å². The number of carbonyl (C=O) groups excluding carboxylic acids is 2. The highest BCUT2D eigenvalue weighted by atomic mass is 32.1. The SMILES string of the molecule is Cc1c(C(=O)Nc2cccc(C(F)(F)F)c2)sc2ncn(CC(=O)N3CCCCC3)c(=O)c12. The van der Waals surface area contributed by atoms with E-state index in [2.05, 4.69) is 10.3 Å². The lowest BCUT2D eigenvalue weighted by Crippen LogP contribution is -2.39. The van der Waals surface area contributed by atoms with Gasteiger partial charge in [-0.15, -0.1) is 11.3 Å². The number of carbonyl (C=O) groups is 2. The molecule has 0 atom stereocenters. The molecule has 3 aromatic rings. The van der Waals surface area contributed by atoms with Gasteiger partial charge in [-0.1, -0.05) is 6.07 Å². The number of anilines is 1. The molecule has 7 nitrogen and oxygen atoms in total. The van der Waals surface area contributed by atoms with Crippen LogP contribution in [0.1, 0.15) is 40.1 Å². The zero-order valence-electron chi connectivity index (χ0n) is 17.7. The Morgan fingerprint density at radius 3 is 2.61 bits per heavy atom. The summed E-state index contributed by atoms with van der Waals surface area (Å²) in [6.45, 7) is 2.78. The van der Waals surface area contributed by atoms with Gasteiger partial charge in [-0.2, -0.15) is 13.2 Å². The summed E-state index contributed by atoms with van der Waals surface area (Å²) in [5.74, 6) is -0.793. The van der Waals surface area contributed by atoms with E-state index in [1.807, 2.05) is 0 Å². The van der Waals surface area contributed by atoms with Gasteiger partial charge in [0.1, 0.15) is 11.4 Å². The van der Waals surface area contributed by atoms with E-state index >= 15 is 0 Å². The van der Waals surface area contributed by atoms with Crippen LogP contribution in [0.3, 0.4) is 0 Å². The van der Waals surface area contributed by atoms with E-state index in [-0.39, 0.29) is 28.4 Å². The van der Waals surface area contributed by atoms with Crippen molar-refractivity contribution in [2.45, 2.75) is 38.9 Å². The number of nitrogens with one attached hydrogen (secondary N) is 1. The lowest BCUT2D eigenvalue weighted by atomic mass is 10.1. The maximum absolute atomic E-state index is 13.0. The van der Waals surface area contributed by atoms with Gasteiger partial charge in [0, 0.05) is 18.8 Å². The minimum atomic E-state index is -4.53. The zero-order chi connectivity index (χ0) is 23.8. The number of aromatic nitrogens is 2. The predicted molar refractivity (Wildman–Crippen MR) is 118 cm³/mol. The predicted octanol–water partition coefficient (Wildman–Crippen LogP) is 4.05. The minimum Gasteiger partial charge on any atom is -0.341 e. The van der Waals surface area contributed by atoms with Gasteiger partial charge in [0.15, 0.2) is 0 Å². The molecule has 174 valence electrons. The Morgan fingerprint density at radius 1 is 1.18 bits per heavy atom. The molecule has 0 bridgehead atoms. The number of likely N-dealkylation sites (tertiary alicyclic amines) is 1. The standard InChI is InChI=1S/C22H21F3N4O3S/c1-13-17-20(26-12-29(21(17)32)11-16(30)28-8-3-2-4-9-28)33-18(13)19(31)27-15-7-5-6-14(10-15)22(23,24)25/h5-7,10,12H,2-4,8-9,11H2,1H3,(H,27,31). The lowest BCUT2D eigenvalue weighted by Gasteiger charge is -2.26. The van der Waals surface area contributed by atoms with Crippen LogP contribution in [0.15, 0.2) is 35.4 Å². The molecule has 4 rings (SSSR count). The van der Waals surface area contributed by atoms with Gasteiger partial charge in [0.2, 0.25) is 5.91 Å². The molecule has 1 aliphatic heterocycles. The molecule has 33 heavy (non-hydrogen) atoms. The number of hydrogen-bond donors (Lipinski definition) is 1. The Labute approximate surface area is 190 Å². The highest BCUT2D eigenvalue weighted by molar-refractivity contribution is 7.20. The smallest absolute Gasteiger partial charge is 0.341 e. The van der Waals surface area contributed by atoms with Crippen LogP contribution in [0.2, 0.25) is 0 Å². The first-order valence-corrected chi connectivity index (χ1v) is 11.2. The fourth-order valence-electron chi connectivity index (χ4n) is 3.84. The topological polar surface area (TPSA) is 84.3 Å². The molecule has 0 aliphatic carbocycles. The molecule has 0 unspecified atom stereocenters. The zero-order valence-corrected chi connectivity index (χ0v) is 18.6. The Bertz CT molecular complexity index is 1280. The maximum Gasteiger partial charge on any atom is 0.416 e. The monoisotopic (exact) mass is 478 g/mol. The molecular weight excluding hydrogens is 457 g/mol. The van der Waals surface area contributed by atoms with E-state index in [9.17, 15) is 27.6 Å². The molecule has 1 N–H and O–H groups in total. The molecule has 3 heterocycles. The number of nitrogens with zero attached hydrogens (tertiary/aromatic N) is 3. The number of amides is 2. The molecule has 1 aromatic carbocycles. The number of rotatable bonds is 4. The third kappa shape index (κ3) is 4.77. The number of halogens is 3. The first-order valence-electron chi connectivity index (χ1n) is 10.4. The third-order valence-electron chi connectivity index (χ3n) is 5.59. The van der Waals surface area contributed by atoms with E-state index < -0.39 is 23.2 Å². The number of hydrogen-bond acceptors (Lipinski definition) is 5. The fraction of sp³-hybridized carbons (Fsp3) is 0.364. The quantitative estimate of drug-likeness (QED) is 0.613. The molecule has 0 radical (unpaired) electrons. The summed E-state index contributed by atoms with van der Waals surface area (Å²) in [7, 11) is 0. The molecule has 1 aliphatic rings. The van der Waals surface area contributed by atoms with Crippen LogP contribution in [0.25, 0.3) is 10.2 Å². The van der Waals surface area contributed by atoms with Gasteiger partial charge in [-0.3, -0.25) is 19.0 Å². The van der Waals surface area contributed by atoms with Crippen molar-refractivity contribution in [3.05, 3.63) is 57.0 Å². The summed E-state index contributed by atoms with van der Waals surface area (Å²) in [6, 6.07) is 4.32. The minimum absolute atomic E-state index is 0.0100. The Balaban J connectivity index is 1.59. The molecule has 2 amide bonds. The Hall–Kier alpha value is -3.21. The second-order valence-corrected chi connectivity index (χ2v) is 8.89. The van der Waals surface area contributed by atoms with Crippen molar-refractivity contribution in [3.63, 3.8) is 0 Å². The van der Waals surface area contributed by atoms with E-state index in [4.69, 9.17) is 0 Å². The van der Waals surface area contributed by atoms with Crippen LogP contribution in [0, 0.1) is 6.92 Å². The largest absolute Gasteiger partial charge is 0.416 e. The molecule has 1 saturated heterocycles. The number of aryl methyl sites for hydroxylation is 1. The Morgan fingerprint density at radius 2 is 1.91 bits per heavy atom. The summed E-state index contributed by atoms with van der Waals surface area (Å²) >= 11 is 0.977. The van der Waals surface area contributed by atoms with Crippen molar-refractivity contribution in [3.8, 4) is 0 Å². The average molecular weight is 478 g/mol. The Kier molecular flexibility index (Phi) is 6.24. The normalized spacial score (nSPS) is 14.5. The highest BCUT2D eigenvalue weighted by Crippen LogP contribution is 2.32. The summed E-state index contributed by atoms with van der Waals surface area (Å²) in [6.07, 6.45) is -0.291. The number of fused-ring (bicyclic) bond motifs is 1. The van der Waals surface area contributed by atoms with Crippen LogP contribution in [0.5, 0.6) is 0 Å². The summed E-state index contributed by atoms with van der Waals surface area (Å²) in [5.41, 5.74) is -0.950. The summed E-state index contributed by atoms with van der Waals surface area (Å²) in [4.78, 5) is 44.8. The van der Waals surface area contributed by atoms with Gasteiger partial charge in [-0.05, 0) is 49.9 Å². The molecular formula is C22H21F3N4O3S. The maximum atomic E-state index is 13.0. The van der Waals surface area contributed by atoms with Crippen molar-refractivity contribution in [2.24, 2.45) is 0 Å². The second kappa shape index (κ2) is 8.97. The molecule has 2 aromatic heterocycles. The third-order valence-corrected chi connectivity index (χ3v) is 6.78. The van der Waals surface area contributed by atoms with E-state index in [1.54, 1.807) is 11.8 Å². The van der Waals surface area contributed by atoms with Crippen molar-refractivity contribution in [1.82, 2.24) is 14.5 Å². The second-order valence-electron chi connectivity index (χ2n) is 7.89. The number of piperidine rings is 1. The van der Waals surface area contributed by atoms with Crippen LogP contribution < -0.4 is 10.9 Å². The molecule has 11 heteroatoms. The van der Waals surface area contributed by atoms with Crippen molar-refractivity contribution >= 4 is 39.1 Å². The van der Waals surface area contributed by atoms with Gasteiger partial charge in [-0.25, -0.2) is 4.98 Å². The first kappa shape index (κ1) is 23.0. The van der Waals surface area contributed by atoms with E-state index in [1.165, 1.54) is 23.0 Å². The number of benzene rings is 1. The van der Waals surface area contributed by atoms with Crippen molar-refractivity contribution in [2.75, 3.05) is 18.4 Å². The lowest BCUT2D eigenvalue weighted by molar-refractivity contribution is -0.137. The van der Waals surface area contributed by atoms with Gasteiger partial charge >= 0.3 is 6.18 Å². The number of alkyl halides is 3. The van der Waals surface area contributed by atoms with Crippen LogP contribution in [0.4, 0.5) is 18.9 Å². The van der Waals surface area contributed by atoms with Crippen LogP contribution in [-0.4, -0.2) is 39.4 Å². The summed E-state index contributed by atoms with van der Waals surface area (Å²) in [5, 5.41) is 2.68. The summed E-state index contributed by atoms with van der Waals surface area (Å²) < 4.78 is 40.1. The number of thiophene rings is 1. The van der Waals surface area contributed by atoms with Gasteiger partial charge in [0.25, 0.3) is 11.5 Å². The van der Waals surface area contributed by atoms with Crippen molar-refractivity contribution < 1.29 is 22.8 Å². The van der Waals surface area contributed by atoms with E-state index in [0.29, 0.717) is 23.5 Å².